The summed E-state index contributed by atoms with van der Waals surface area (Å²) in [5.41, 5.74) is 3.11. The molecule has 0 amide bonds. The summed E-state index contributed by atoms with van der Waals surface area (Å²) in [5, 5.41) is 1.68. The molecule has 0 unspecified atom stereocenters. The maximum atomic E-state index is 13.3. The van der Waals surface area contributed by atoms with Crippen LogP contribution in [0.3, 0.4) is 0 Å². The van der Waals surface area contributed by atoms with Crippen LogP contribution >= 0.6 is 0 Å². The summed E-state index contributed by atoms with van der Waals surface area (Å²) >= 11 is 0. The van der Waals surface area contributed by atoms with Crippen molar-refractivity contribution in [2.75, 3.05) is 0 Å². The monoisotopic (exact) mass is 358 g/mol. The first kappa shape index (κ1) is 16.6. The first-order chi connectivity index (χ1) is 12.6. The first-order valence-corrected chi connectivity index (χ1v) is 9.94. The number of sulfone groups is 1. The van der Waals surface area contributed by atoms with Crippen LogP contribution in [0.1, 0.15) is 5.56 Å². The summed E-state index contributed by atoms with van der Waals surface area (Å²) in [6.07, 6.45) is 0. The predicted octanol–water partition coefficient (Wildman–Crippen LogP) is 5.65. The van der Waals surface area contributed by atoms with E-state index in [2.05, 4.69) is 0 Å². The molecule has 0 N–H and O–H groups in total. The van der Waals surface area contributed by atoms with E-state index in [-0.39, 0.29) is 0 Å². The van der Waals surface area contributed by atoms with Crippen molar-refractivity contribution < 1.29 is 8.42 Å². The Balaban J connectivity index is 2.04. The van der Waals surface area contributed by atoms with Crippen molar-refractivity contribution >= 4 is 20.6 Å². The van der Waals surface area contributed by atoms with Gasteiger partial charge in [0.05, 0.1) is 9.79 Å². The molecule has 0 saturated carbocycles. The third-order valence-electron chi connectivity index (χ3n) is 4.57. The van der Waals surface area contributed by atoms with Gasteiger partial charge in [-0.2, -0.15) is 0 Å². The Morgan fingerprint density at radius 2 is 1.31 bits per heavy atom. The molecule has 26 heavy (non-hydrogen) atoms. The van der Waals surface area contributed by atoms with Crippen molar-refractivity contribution in [3.8, 4) is 11.1 Å². The molecule has 0 spiro atoms. The van der Waals surface area contributed by atoms with Crippen LogP contribution in [0.25, 0.3) is 21.9 Å². The minimum atomic E-state index is -3.60. The maximum absolute atomic E-state index is 13.3. The van der Waals surface area contributed by atoms with Gasteiger partial charge in [0, 0.05) is 5.39 Å². The second kappa shape index (κ2) is 6.43. The molecule has 0 radical (unpaired) electrons. The molecular weight excluding hydrogens is 340 g/mol. The van der Waals surface area contributed by atoms with Gasteiger partial charge in [0.1, 0.15) is 0 Å². The van der Waals surface area contributed by atoms with Gasteiger partial charge in [-0.25, -0.2) is 8.42 Å². The Bertz CT molecular complexity index is 1170. The lowest BCUT2D eigenvalue weighted by atomic mass is 9.97. The van der Waals surface area contributed by atoms with Crippen LogP contribution < -0.4 is 0 Å². The minimum Gasteiger partial charge on any atom is -0.218 e. The molecule has 3 heteroatoms. The zero-order chi connectivity index (χ0) is 18.1. The highest BCUT2D eigenvalue weighted by atomic mass is 32.2. The number of fused-ring (bicyclic) bond motifs is 1. The fraction of sp³-hybridized carbons (Fsp3) is 0.0435. The average molecular weight is 358 g/mol. The number of rotatable bonds is 3. The van der Waals surface area contributed by atoms with Crippen molar-refractivity contribution in [1.82, 2.24) is 0 Å². The standard InChI is InChI=1S/C23H18O2S/c1-17-13-15-18(16-14-17)21-11-5-7-19-8-6-12-22(23(19)21)26(24,25)20-9-3-2-4-10-20/h2-16H,1H3. The van der Waals surface area contributed by atoms with E-state index in [9.17, 15) is 8.42 Å². The van der Waals surface area contributed by atoms with Gasteiger partial charge in [0.15, 0.2) is 0 Å². The Morgan fingerprint density at radius 3 is 2.00 bits per heavy atom. The minimum absolute atomic E-state index is 0.311. The summed E-state index contributed by atoms with van der Waals surface area (Å²) in [4.78, 5) is 0.656. The summed E-state index contributed by atoms with van der Waals surface area (Å²) in [6.45, 7) is 2.04. The van der Waals surface area contributed by atoms with E-state index >= 15 is 0 Å². The smallest absolute Gasteiger partial charge is 0.207 e. The second-order valence-corrected chi connectivity index (χ2v) is 8.26. The van der Waals surface area contributed by atoms with E-state index in [4.69, 9.17) is 0 Å². The van der Waals surface area contributed by atoms with Crippen LogP contribution in [0, 0.1) is 6.92 Å². The Morgan fingerprint density at radius 1 is 0.654 bits per heavy atom. The highest BCUT2D eigenvalue weighted by molar-refractivity contribution is 7.91. The number of benzene rings is 4. The van der Waals surface area contributed by atoms with Crippen LogP contribution in [0.5, 0.6) is 0 Å². The van der Waals surface area contributed by atoms with Crippen LogP contribution in [-0.2, 0) is 9.84 Å². The summed E-state index contributed by atoms with van der Waals surface area (Å²) < 4.78 is 26.6. The molecule has 0 atom stereocenters. The highest BCUT2D eigenvalue weighted by Crippen LogP contribution is 2.35. The van der Waals surface area contributed by atoms with Crippen LogP contribution in [0.2, 0.25) is 0 Å². The van der Waals surface area contributed by atoms with Gasteiger partial charge in [0.2, 0.25) is 9.84 Å². The van der Waals surface area contributed by atoms with E-state index < -0.39 is 9.84 Å². The number of hydrogen-bond donors (Lipinski definition) is 0. The topological polar surface area (TPSA) is 34.1 Å². The lowest BCUT2D eigenvalue weighted by molar-refractivity contribution is 0.597. The van der Waals surface area contributed by atoms with E-state index in [0.29, 0.717) is 9.79 Å². The van der Waals surface area contributed by atoms with Crippen molar-refractivity contribution in [3.05, 3.63) is 96.6 Å². The first-order valence-electron chi connectivity index (χ1n) is 8.46. The SMILES string of the molecule is Cc1ccc(-c2cccc3cccc(S(=O)(=O)c4ccccc4)c23)cc1. The van der Waals surface area contributed by atoms with Gasteiger partial charge in [-0.3, -0.25) is 0 Å². The number of aryl methyl sites for hydroxylation is 1. The molecule has 0 aliphatic carbocycles. The molecule has 4 rings (SSSR count). The van der Waals surface area contributed by atoms with Gasteiger partial charge in [-0.1, -0.05) is 78.4 Å². The molecule has 4 aromatic rings. The molecule has 128 valence electrons. The predicted molar refractivity (Wildman–Crippen MR) is 106 cm³/mol. The fourth-order valence-electron chi connectivity index (χ4n) is 3.23. The molecule has 0 saturated heterocycles. The van der Waals surface area contributed by atoms with E-state index in [1.807, 2.05) is 61.5 Å². The van der Waals surface area contributed by atoms with Gasteiger partial charge in [-0.05, 0) is 41.6 Å². The molecule has 0 aliphatic rings. The molecule has 0 aliphatic heterocycles. The maximum Gasteiger partial charge on any atom is 0.207 e. The molecule has 0 bridgehead atoms. The molecule has 2 nitrogen and oxygen atoms in total. The molecule has 4 aromatic carbocycles. The zero-order valence-electron chi connectivity index (χ0n) is 14.4. The third kappa shape index (κ3) is 2.80. The largest absolute Gasteiger partial charge is 0.218 e. The van der Waals surface area contributed by atoms with Crippen molar-refractivity contribution in [2.45, 2.75) is 16.7 Å². The van der Waals surface area contributed by atoms with Crippen LogP contribution in [0.4, 0.5) is 0 Å². The van der Waals surface area contributed by atoms with E-state index in [1.165, 1.54) is 5.56 Å². The number of hydrogen-bond acceptors (Lipinski definition) is 2. The summed E-state index contributed by atoms with van der Waals surface area (Å²) in [7, 11) is -3.60. The fourth-order valence-corrected chi connectivity index (χ4v) is 4.75. The Kier molecular flexibility index (Phi) is 4.09. The lowest BCUT2D eigenvalue weighted by Gasteiger charge is -2.13. The van der Waals surface area contributed by atoms with Gasteiger partial charge in [0.25, 0.3) is 0 Å². The third-order valence-corrected chi connectivity index (χ3v) is 6.38. The lowest BCUT2D eigenvalue weighted by Crippen LogP contribution is -2.03. The van der Waals surface area contributed by atoms with Gasteiger partial charge < -0.3 is 0 Å². The molecule has 0 heterocycles. The normalized spacial score (nSPS) is 11.6. The Labute approximate surface area is 153 Å². The second-order valence-electron chi connectivity index (χ2n) is 6.34. The van der Waals surface area contributed by atoms with E-state index in [1.54, 1.807) is 36.4 Å². The highest BCUT2D eigenvalue weighted by Gasteiger charge is 2.21. The molecule has 0 aromatic heterocycles. The van der Waals surface area contributed by atoms with E-state index in [0.717, 1.165) is 21.9 Å². The van der Waals surface area contributed by atoms with Crippen molar-refractivity contribution in [1.29, 1.82) is 0 Å². The molecule has 0 fully saturated rings. The van der Waals surface area contributed by atoms with Crippen LogP contribution in [-0.4, -0.2) is 8.42 Å². The zero-order valence-corrected chi connectivity index (χ0v) is 15.2. The van der Waals surface area contributed by atoms with Gasteiger partial charge >= 0.3 is 0 Å². The average Bonchev–Trinajstić information content (AvgIpc) is 2.68. The molecular formula is C23H18O2S. The summed E-state index contributed by atoms with van der Waals surface area (Å²) in [5.74, 6) is 0. The quantitative estimate of drug-likeness (QED) is 0.474. The summed E-state index contributed by atoms with van der Waals surface area (Å²) in [6, 6.07) is 28.1. The van der Waals surface area contributed by atoms with Crippen molar-refractivity contribution in [2.24, 2.45) is 0 Å². The van der Waals surface area contributed by atoms with Crippen molar-refractivity contribution in [3.63, 3.8) is 0 Å². The van der Waals surface area contributed by atoms with Crippen LogP contribution in [0.15, 0.2) is 101 Å². The Hall–Kier alpha value is -2.91. The van der Waals surface area contributed by atoms with Gasteiger partial charge in [-0.15, -0.1) is 0 Å².